The minimum atomic E-state index is -0.212. The molecule has 3 rings (SSSR count). The number of aryl methyl sites for hydroxylation is 2. The van der Waals surface area contributed by atoms with Crippen molar-refractivity contribution in [1.29, 1.82) is 0 Å². The van der Waals surface area contributed by atoms with Gasteiger partial charge in [-0.1, -0.05) is 53.6 Å². The SMILES string of the molecule is Cc1cccc(CCC=C[C@@H]2[C@H]3CC(CSCCC(=O)N(C(C)C)C(C)C)=C[C@H]3C[C@H]2O)c1. The Hall–Kier alpha value is -1.52. The standard InChI is InChI=1S/C29H43NO2S/c1-20(2)30(21(3)4)29(32)13-14-33-19-24-16-25-18-28(31)26(27(25)17-24)12-7-6-10-23-11-8-9-22(5)15-23/h7-9,11-12,15-16,20-21,25-28,31H,6,10,13-14,17-19H2,1-5H3/t25-,26+,27-,28+/m0/s1. The average Bonchev–Trinajstić information content (AvgIpc) is 3.25. The molecular formula is C29H43NO2S. The first-order valence-corrected chi connectivity index (χ1v) is 13.9. The van der Waals surface area contributed by atoms with E-state index in [9.17, 15) is 9.90 Å². The molecule has 0 radical (unpaired) electrons. The minimum Gasteiger partial charge on any atom is -0.392 e. The van der Waals surface area contributed by atoms with Gasteiger partial charge in [-0.15, -0.1) is 0 Å². The summed E-state index contributed by atoms with van der Waals surface area (Å²) in [5, 5.41) is 10.6. The molecule has 4 atom stereocenters. The van der Waals surface area contributed by atoms with Gasteiger partial charge in [-0.3, -0.25) is 4.79 Å². The number of benzene rings is 1. The summed E-state index contributed by atoms with van der Waals surface area (Å²) >= 11 is 1.88. The van der Waals surface area contributed by atoms with Crippen LogP contribution in [0.25, 0.3) is 0 Å². The molecule has 2 aliphatic rings. The molecule has 0 unspecified atom stereocenters. The van der Waals surface area contributed by atoms with E-state index in [1.165, 1.54) is 16.7 Å². The van der Waals surface area contributed by atoms with Gasteiger partial charge in [0.15, 0.2) is 0 Å². The van der Waals surface area contributed by atoms with Gasteiger partial charge < -0.3 is 10.0 Å². The molecule has 33 heavy (non-hydrogen) atoms. The number of nitrogens with zero attached hydrogens (tertiary/aromatic N) is 1. The second-order valence-corrected chi connectivity index (χ2v) is 11.6. The lowest BCUT2D eigenvalue weighted by atomic mass is 9.89. The molecule has 1 fully saturated rings. The smallest absolute Gasteiger partial charge is 0.223 e. The fraction of sp³-hybridized carbons (Fsp3) is 0.621. The summed E-state index contributed by atoms with van der Waals surface area (Å²) in [6, 6.07) is 9.24. The van der Waals surface area contributed by atoms with Gasteiger partial charge >= 0.3 is 0 Å². The molecule has 1 N–H and O–H groups in total. The molecule has 1 aromatic rings. The van der Waals surface area contributed by atoms with Crippen molar-refractivity contribution >= 4 is 17.7 Å². The molecule has 0 heterocycles. The third kappa shape index (κ3) is 7.23. The van der Waals surface area contributed by atoms with E-state index in [0.717, 1.165) is 37.2 Å². The maximum Gasteiger partial charge on any atom is 0.223 e. The van der Waals surface area contributed by atoms with Crippen LogP contribution in [0.2, 0.25) is 0 Å². The van der Waals surface area contributed by atoms with Crippen molar-refractivity contribution in [3.05, 3.63) is 59.2 Å². The lowest BCUT2D eigenvalue weighted by molar-refractivity contribution is -0.134. The van der Waals surface area contributed by atoms with Gasteiger partial charge in [0.25, 0.3) is 0 Å². The minimum absolute atomic E-state index is 0.212. The summed E-state index contributed by atoms with van der Waals surface area (Å²) in [4.78, 5) is 14.6. The molecule has 3 nitrogen and oxygen atoms in total. The van der Waals surface area contributed by atoms with Crippen LogP contribution in [0.1, 0.15) is 64.5 Å². The highest BCUT2D eigenvalue weighted by Gasteiger charge is 2.43. The Kier molecular flexibility index (Phi) is 9.69. The Morgan fingerprint density at radius 3 is 2.70 bits per heavy atom. The summed E-state index contributed by atoms with van der Waals surface area (Å²) in [5.41, 5.74) is 4.21. The monoisotopic (exact) mass is 469 g/mol. The number of rotatable bonds is 11. The zero-order valence-corrected chi connectivity index (χ0v) is 22.0. The quantitative estimate of drug-likeness (QED) is 0.310. The number of carbonyl (C=O) groups is 1. The number of fused-ring (bicyclic) bond motifs is 1. The average molecular weight is 470 g/mol. The second kappa shape index (κ2) is 12.3. The zero-order valence-electron chi connectivity index (χ0n) is 21.2. The molecule has 0 bridgehead atoms. The third-order valence-electron chi connectivity index (χ3n) is 7.14. The van der Waals surface area contributed by atoms with Crippen LogP contribution in [0.15, 0.2) is 48.1 Å². The Bertz CT molecular complexity index is 836. The summed E-state index contributed by atoms with van der Waals surface area (Å²) in [5.74, 6) is 3.50. The summed E-state index contributed by atoms with van der Waals surface area (Å²) in [6.45, 7) is 10.5. The van der Waals surface area contributed by atoms with E-state index in [1.807, 2.05) is 16.7 Å². The number of aliphatic hydroxyl groups excluding tert-OH is 1. The van der Waals surface area contributed by atoms with E-state index >= 15 is 0 Å². The van der Waals surface area contributed by atoms with Crippen LogP contribution in [-0.2, 0) is 11.2 Å². The molecule has 0 aromatic heterocycles. The first kappa shape index (κ1) is 26.1. The van der Waals surface area contributed by atoms with Crippen LogP contribution >= 0.6 is 11.8 Å². The molecule has 1 aromatic carbocycles. The van der Waals surface area contributed by atoms with Crippen LogP contribution in [-0.4, -0.2) is 45.6 Å². The van der Waals surface area contributed by atoms with E-state index in [-0.39, 0.29) is 30.0 Å². The van der Waals surface area contributed by atoms with Crippen molar-refractivity contribution in [2.24, 2.45) is 17.8 Å². The Labute approximate surface area is 205 Å². The second-order valence-electron chi connectivity index (χ2n) is 10.5. The molecule has 2 aliphatic carbocycles. The van der Waals surface area contributed by atoms with E-state index in [2.05, 4.69) is 77.1 Å². The first-order chi connectivity index (χ1) is 15.8. The van der Waals surface area contributed by atoms with Gasteiger partial charge in [-0.2, -0.15) is 11.8 Å². The molecule has 4 heteroatoms. The van der Waals surface area contributed by atoms with E-state index in [4.69, 9.17) is 0 Å². The number of hydrogen-bond acceptors (Lipinski definition) is 3. The predicted molar refractivity (Wildman–Crippen MR) is 141 cm³/mol. The lowest BCUT2D eigenvalue weighted by Crippen LogP contribution is -2.42. The van der Waals surface area contributed by atoms with E-state index in [0.29, 0.717) is 18.3 Å². The number of aliphatic hydroxyl groups is 1. The highest BCUT2D eigenvalue weighted by Crippen LogP contribution is 2.47. The van der Waals surface area contributed by atoms with Gasteiger partial charge in [-0.25, -0.2) is 0 Å². The van der Waals surface area contributed by atoms with Crippen LogP contribution in [0.4, 0.5) is 0 Å². The van der Waals surface area contributed by atoms with Gasteiger partial charge in [0.1, 0.15) is 0 Å². The zero-order chi connectivity index (χ0) is 24.0. The summed E-state index contributed by atoms with van der Waals surface area (Å²) in [6.07, 6.45) is 11.5. The maximum atomic E-state index is 12.6. The van der Waals surface area contributed by atoms with Crippen LogP contribution < -0.4 is 0 Å². The van der Waals surface area contributed by atoms with Gasteiger partial charge in [0.2, 0.25) is 5.91 Å². The highest BCUT2D eigenvalue weighted by molar-refractivity contribution is 7.99. The summed E-state index contributed by atoms with van der Waals surface area (Å²) in [7, 11) is 0. The van der Waals surface area contributed by atoms with Crippen molar-refractivity contribution < 1.29 is 9.90 Å². The van der Waals surface area contributed by atoms with Crippen molar-refractivity contribution in [3.8, 4) is 0 Å². The molecule has 0 spiro atoms. The van der Waals surface area contributed by atoms with E-state index < -0.39 is 0 Å². The fourth-order valence-corrected chi connectivity index (χ4v) is 6.69. The van der Waals surface area contributed by atoms with Crippen LogP contribution in [0.3, 0.4) is 0 Å². The molecule has 1 saturated carbocycles. The Morgan fingerprint density at radius 2 is 2.00 bits per heavy atom. The number of allylic oxidation sites excluding steroid dienone is 2. The molecule has 1 amide bonds. The number of carbonyl (C=O) groups excluding carboxylic acids is 1. The highest BCUT2D eigenvalue weighted by atomic mass is 32.2. The largest absolute Gasteiger partial charge is 0.392 e. The van der Waals surface area contributed by atoms with Crippen LogP contribution in [0, 0.1) is 24.7 Å². The van der Waals surface area contributed by atoms with E-state index in [1.54, 1.807) is 0 Å². The molecule has 0 aliphatic heterocycles. The van der Waals surface area contributed by atoms with Crippen molar-refractivity contribution in [1.82, 2.24) is 4.90 Å². The Morgan fingerprint density at radius 1 is 1.24 bits per heavy atom. The fourth-order valence-electron chi connectivity index (χ4n) is 5.75. The van der Waals surface area contributed by atoms with Crippen LogP contribution in [0.5, 0.6) is 0 Å². The normalized spacial score (nSPS) is 24.7. The van der Waals surface area contributed by atoms with Crippen molar-refractivity contribution in [2.75, 3.05) is 11.5 Å². The predicted octanol–water partition coefficient (Wildman–Crippen LogP) is 6.20. The Balaban J connectivity index is 1.41. The third-order valence-corrected chi connectivity index (χ3v) is 8.21. The molecule has 182 valence electrons. The van der Waals surface area contributed by atoms with Gasteiger partial charge in [0, 0.05) is 35.9 Å². The molecular weight excluding hydrogens is 426 g/mol. The lowest BCUT2D eigenvalue weighted by Gasteiger charge is -2.30. The molecule has 0 saturated heterocycles. The number of hydrogen-bond donors (Lipinski definition) is 1. The first-order valence-electron chi connectivity index (χ1n) is 12.7. The van der Waals surface area contributed by atoms with Crippen molar-refractivity contribution in [2.45, 2.75) is 84.9 Å². The number of thioether (sulfide) groups is 1. The van der Waals surface area contributed by atoms with Crippen molar-refractivity contribution in [3.63, 3.8) is 0 Å². The number of amides is 1. The van der Waals surface area contributed by atoms with Gasteiger partial charge in [0.05, 0.1) is 6.10 Å². The maximum absolute atomic E-state index is 12.6. The van der Waals surface area contributed by atoms with Gasteiger partial charge in [-0.05, 0) is 77.7 Å². The topological polar surface area (TPSA) is 40.5 Å². The summed E-state index contributed by atoms with van der Waals surface area (Å²) < 4.78 is 0.